The quantitative estimate of drug-likeness (QED) is 0.526. The van der Waals surface area contributed by atoms with E-state index in [1.54, 1.807) is 18.2 Å². The lowest BCUT2D eigenvalue weighted by molar-refractivity contribution is -0.127. The van der Waals surface area contributed by atoms with Gasteiger partial charge in [-0.2, -0.15) is 0 Å². The minimum atomic E-state index is -0.500. The molecule has 3 N–H and O–H groups in total. The molecular weight excluding hydrogens is 416 g/mol. The minimum absolute atomic E-state index is 0.168. The molecule has 0 spiro atoms. The molecule has 1 aliphatic heterocycles. The number of ether oxygens (including phenoxy) is 1. The number of aryl methyl sites for hydroxylation is 1. The molecule has 32 heavy (non-hydrogen) atoms. The number of aromatic amines is 1. The van der Waals surface area contributed by atoms with E-state index in [1.165, 1.54) is 31.4 Å². The van der Waals surface area contributed by atoms with E-state index in [9.17, 15) is 18.4 Å². The molecule has 6 nitrogen and oxygen atoms in total. The van der Waals surface area contributed by atoms with Gasteiger partial charge in [0, 0.05) is 30.3 Å². The van der Waals surface area contributed by atoms with Crippen molar-refractivity contribution in [2.75, 3.05) is 13.7 Å². The summed E-state index contributed by atoms with van der Waals surface area (Å²) in [4.78, 5) is 27.4. The Kier molecular flexibility index (Phi) is 6.20. The van der Waals surface area contributed by atoms with Crippen molar-refractivity contribution in [1.82, 2.24) is 15.6 Å². The fraction of sp³-hybridized carbons (Fsp3) is 0.250. The van der Waals surface area contributed by atoms with E-state index < -0.39 is 11.9 Å². The standard InChI is InChI=1S/C24H23F2N3O3/c1-32-21-13-17(26)7-8-18(21)23-15(4-9-22(30)28-19-10-11-27-24(19)31)12-20(29-23)14-2-5-16(25)6-3-14/h2-3,5-8,12-13,19,29H,4,9-11H2,1H3,(H,27,31)(H,28,30). The molecule has 1 fully saturated rings. The molecule has 1 atom stereocenters. The number of benzene rings is 2. The SMILES string of the molecule is COc1cc(F)ccc1-c1[nH]c(-c2ccc(F)cc2)cc1CCC(=O)NC1CCNC1=O. The summed E-state index contributed by atoms with van der Waals surface area (Å²) < 4.78 is 32.4. The normalized spacial score (nSPS) is 15.5. The average molecular weight is 439 g/mol. The Bertz CT molecular complexity index is 1140. The molecule has 0 bridgehead atoms. The smallest absolute Gasteiger partial charge is 0.242 e. The summed E-state index contributed by atoms with van der Waals surface area (Å²) in [7, 11) is 1.46. The molecule has 166 valence electrons. The molecule has 2 heterocycles. The molecule has 3 aromatic rings. The molecule has 2 aromatic carbocycles. The van der Waals surface area contributed by atoms with E-state index in [4.69, 9.17) is 4.74 Å². The first-order valence-corrected chi connectivity index (χ1v) is 10.3. The van der Waals surface area contributed by atoms with Crippen LogP contribution in [0.4, 0.5) is 8.78 Å². The van der Waals surface area contributed by atoms with E-state index in [0.29, 0.717) is 36.4 Å². The number of H-pyrrole nitrogens is 1. The van der Waals surface area contributed by atoms with Crippen molar-refractivity contribution >= 4 is 11.8 Å². The molecule has 1 saturated heterocycles. The van der Waals surface area contributed by atoms with Crippen molar-refractivity contribution < 1.29 is 23.1 Å². The number of aromatic nitrogens is 1. The van der Waals surface area contributed by atoms with Crippen LogP contribution >= 0.6 is 0 Å². The van der Waals surface area contributed by atoms with Gasteiger partial charge in [0.2, 0.25) is 11.8 Å². The van der Waals surface area contributed by atoms with E-state index in [2.05, 4.69) is 15.6 Å². The highest BCUT2D eigenvalue weighted by Crippen LogP contribution is 2.35. The number of hydrogen-bond donors (Lipinski definition) is 3. The van der Waals surface area contributed by atoms with E-state index in [0.717, 1.165) is 16.8 Å². The van der Waals surface area contributed by atoms with Crippen molar-refractivity contribution in [2.24, 2.45) is 0 Å². The zero-order chi connectivity index (χ0) is 22.7. The fourth-order valence-corrected chi connectivity index (χ4v) is 3.84. The highest BCUT2D eigenvalue weighted by molar-refractivity contribution is 5.89. The van der Waals surface area contributed by atoms with Crippen LogP contribution in [0.15, 0.2) is 48.5 Å². The highest BCUT2D eigenvalue weighted by atomic mass is 19.1. The summed E-state index contributed by atoms with van der Waals surface area (Å²) >= 11 is 0. The van der Waals surface area contributed by atoms with Crippen molar-refractivity contribution in [3.63, 3.8) is 0 Å². The van der Waals surface area contributed by atoms with Gasteiger partial charge in [-0.1, -0.05) is 0 Å². The van der Waals surface area contributed by atoms with Crippen LogP contribution in [0.5, 0.6) is 5.75 Å². The zero-order valence-corrected chi connectivity index (χ0v) is 17.5. The maximum Gasteiger partial charge on any atom is 0.242 e. The largest absolute Gasteiger partial charge is 0.496 e. The summed E-state index contributed by atoms with van der Waals surface area (Å²) in [6, 6.07) is 11.7. The molecule has 8 heteroatoms. The number of carbonyl (C=O) groups excluding carboxylic acids is 2. The predicted molar refractivity (Wildman–Crippen MR) is 116 cm³/mol. The van der Waals surface area contributed by atoms with Crippen LogP contribution < -0.4 is 15.4 Å². The van der Waals surface area contributed by atoms with Gasteiger partial charge in [0.05, 0.1) is 12.8 Å². The van der Waals surface area contributed by atoms with E-state index in [-0.39, 0.29) is 24.1 Å². The van der Waals surface area contributed by atoms with Crippen molar-refractivity contribution in [1.29, 1.82) is 0 Å². The Morgan fingerprint density at radius 3 is 2.56 bits per heavy atom. The number of amides is 2. The topological polar surface area (TPSA) is 83.2 Å². The molecule has 1 aliphatic rings. The number of hydrogen-bond acceptors (Lipinski definition) is 3. The van der Waals surface area contributed by atoms with Gasteiger partial charge in [0.15, 0.2) is 0 Å². The lowest BCUT2D eigenvalue weighted by Gasteiger charge is -2.11. The number of carbonyl (C=O) groups is 2. The van der Waals surface area contributed by atoms with Gasteiger partial charge in [0.25, 0.3) is 0 Å². The van der Waals surface area contributed by atoms with Crippen LogP contribution in [-0.4, -0.2) is 36.5 Å². The second kappa shape index (κ2) is 9.21. The summed E-state index contributed by atoms with van der Waals surface area (Å²) in [5, 5.41) is 5.45. The third-order valence-corrected chi connectivity index (χ3v) is 5.49. The Morgan fingerprint density at radius 1 is 1.12 bits per heavy atom. The first-order valence-electron chi connectivity index (χ1n) is 10.3. The second-order valence-corrected chi connectivity index (χ2v) is 7.63. The maximum absolute atomic E-state index is 13.7. The lowest BCUT2D eigenvalue weighted by atomic mass is 10.0. The van der Waals surface area contributed by atoms with Gasteiger partial charge in [-0.05, 0) is 66.4 Å². The molecule has 1 unspecified atom stereocenters. The third-order valence-electron chi connectivity index (χ3n) is 5.49. The molecular formula is C24H23F2N3O3. The van der Waals surface area contributed by atoms with Gasteiger partial charge < -0.3 is 20.4 Å². The van der Waals surface area contributed by atoms with Gasteiger partial charge in [-0.3, -0.25) is 9.59 Å². The van der Waals surface area contributed by atoms with Crippen molar-refractivity contribution in [2.45, 2.75) is 25.3 Å². The number of halogens is 2. The van der Waals surface area contributed by atoms with E-state index in [1.807, 2.05) is 6.07 Å². The molecule has 2 amide bonds. The minimum Gasteiger partial charge on any atom is -0.496 e. The van der Waals surface area contributed by atoms with Crippen LogP contribution in [-0.2, 0) is 16.0 Å². The number of nitrogens with one attached hydrogen (secondary N) is 3. The van der Waals surface area contributed by atoms with Crippen LogP contribution in [0, 0.1) is 11.6 Å². The summed E-state index contributed by atoms with van der Waals surface area (Å²) in [6.45, 7) is 0.553. The van der Waals surface area contributed by atoms with Crippen LogP contribution in [0.25, 0.3) is 22.5 Å². The third kappa shape index (κ3) is 4.64. The molecule has 0 radical (unpaired) electrons. The highest BCUT2D eigenvalue weighted by Gasteiger charge is 2.25. The van der Waals surface area contributed by atoms with Crippen LogP contribution in [0.3, 0.4) is 0 Å². The maximum atomic E-state index is 13.7. The van der Waals surface area contributed by atoms with Gasteiger partial charge in [0.1, 0.15) is 23.4 Å². The molecule has 1 aromatic heterocycles. The Morgan fingerprint density at radius 2 is 1.88 bits per heavy atom. The molecule has 4 rings (SSSR count). The summed E-state index contributed by atoms with van der Waals surface area (Å²) in [5.41, 5.74) is 3.66. The number of rotatable bonds is 7. The number of methoxy groups -OCH3 is 1. The van der Waals surface area contributed by atoms with E-state index >= 15 is 0 Å². The first kappa shape index (κ1) is 21.5. The van der Waals surface area contributed by atoms with Crippen LogP contribution in [0.2, 0.25) is 0 Å². The first-order chi connectivity index (χ1) is 15.4. The zero-order valence-electron chi connectivity index (χ0n) is 17.5. The predicted octanol–water partition coefficient (Wildman–Crippen LogP) is 3.57. The second-order valence-electron chi connectivity index (χ2n) is 7.63. The van der Waals surface area contributed by atoms with Gasteiger partial charge >= 0.3 is 0 Å². The van der Waals surface area contributed by atoms with Crippen LogP contribution in [0.1, 0.15) is 18.4 Å². The Hall–Kier alpha value is -3.68. The Balaban J connectivity index is 1.63. The summed E-state index contributed by atoms with van der Waals surface area (Å²) in [6.07, 6.45) is 1.12. The molecule has 0 saturated carbocycles. The monoisotopic (exact) mass is 439 g/mol. The van der Waals surface area contributed by atoms with Gasteiger partial charge in [-0.25, -0.2) is 8.78 Å². The van der Waals surface area contributed by atoms with Gasteiger partial charge in [-0.15, -0.1) is 0 Å². The lowest BCUT2D eigenvalue weighted by Crippen LogP contribution is -2.40. The van der Waals surface area contributed by atoms with Crippen molar-refractivity contribution in [3.8, 4) is 28.3 Å². The molecule has 0 aliphatic carbocycles. The average Bonchev–Trinajstić information content (AvgIpc) is 3.39. The fourth-order valence-electron chi connectivity index (χ4n) is 3.84. The summed E-state index contributed by atoms with van der Waals surface area (Å²) in [5.74, 6) is -0.810. The van der Waals surface area contributed by atoms with Crippen molar-refractivity contribution in [3.05, 3.63) is 65.7 Å². The Labute approximate surface area is 184 Å².